The van der Waals surface area contributed by atoms with Crippen LogP contribution >= 0.6 is 0 Å². The number of carbonyl (C=O) groups excluding carboxylic acids is 2. The molecule has 0 radical (unpaired) electrons. The number of unbranched alkanes of at least 4 members (excludes halogenated alkanes) is 1. The minimum Gasteiger partial charge on any atom is -0.465 e. The monoisotopic (exact) mass is 599 g/mol. The van der Waals surface area contributed by atoms with Gasteiger partial charge in [0.05, 0.1) is 42.2 Å². The SMILES string of the molecule is COCCCCn1c(C(=O)N(CC(C)C)C2CC(C(=O)N3CCOCC3)CN(C(=O)O)C2C(C)(C)C)nc2ccccc21. The quantitative estimate of drug-likeness (QED) is 0.407. The lowest BCUT2D eigenvalue weighted by molar-refractivity contribution is -0.144. The van der Waals surface area contributed by atoms with E-state index in [1.54, 1.807) is 12.0 Å². The average Bonchev–Trinajstić information content (AvgIpc) is 3.35. The van der Waals surface area contributed by atoms with Crippen molar-refractivity contribution in [1.29, 1.82) is 0 Å². The Morgan fingerprint density at radius 1 is 1.14 bits per heavy atom. The Kier molecular flexibility index (Phi) is 10.7. The van der Waals surface area contributed by atoms with Crippen molar-refractivity contribution in [3.05, 3.63) is 30.1 Å². The first kappa shape index (κ1) is 32.7. The lowest BCUT2D eigenvalue weighted by atomic mass is 9.74. The van der Waals surface area contributed by atoms with E-state index in [2.05, 4.69) is 0 Å². The van der Waals surface area contributed by atoms with E-state index in [0.29, 0.717) is 58.2 Å². The van der Waals surface area contributed by atoms with Crippen LogP contribution in [0.5, 0.6) is 0 Å². The molecule has 43 heavy (non-hydrogen) atoms. The summed E-state index contributed by atoms with van der Waals surface area (Å²) in [5.74, 6) is -0.420. The number of imidazole rings is 1. The number of aromatic nitrogens is 2. The van der Waals surface area contributed by atoms with E-state index in [-0.39, 0.29) is 24.3 Å². The van der Waals surface area contributed by atoms with Gasteiger partial charge in [-0.2, -0.15) is 0 Å². The molecule has 3 atom stereocenters. The number of rotatable bonds is 10. The molecule has 0 bridgehead atoms. The molecule has 4 rings (SSSR count). The number of amides is 3. The van der Waals surface area contributed by atoms with E-state index in [9.17, 15) is 19.5 Å². The van der Waals surface area contributed by atoms with Gasteiger partial charge in [0.15, 0.2) is 5.82 Å². The summed E-state index contributed by atoms with van der Waals surface area (Å²) in [6.45, 7) is 13.8. The van der Waals surface area contributed by atoms with Crippen LogP contribution in [0.3, 0.4) is 0 Å². The summed E-state index contributed by atoms with van der Waals surface area (Å²) >= 11 is 0. The van der Waals surface area contributed by atoms with Crippen molar-refractivity contribution in [3.8, 4) is 0 Å². The maximum atomic E-state index is 14.7. The van der Waals surface area contributed by atoms with E-state index in [1.165, 1.54) is 4.90 Å². The van der Waals surface area contributed by atoms with Crippen LogP contribution in [0.15, 0.2) is 24.3 Å². The van der Waals surface area contributed by atoms with Crippen molar-refractivity contribution in [2.75, 3.05) is 53.1 Å². The molecule has 3 unspecified atom stereocenters. The number of ether oxygens (including phenoxy) is 2. The Balaban J connectivity index is 1.78. The van der Waals surface area contributed by atoms with Gasteiger partial charge in [-0.15, -0.1) is 0 Å². The van der Waals surface area contributed by atoms with Crippen LogP contribution in [0, 0.1) is 17.3 Å². The third-order valence-electron chi connectivity index (χ3n) is 8.50. The molecule has 1 N–H and O–H groups in total. The number of carboxylic acid groups (broad SMARTS) is 1. The van der Waals surface area contributed by atoms with Crippen LogP contribution in [-0.2, 0) is 20.8 Å². The second-order valence-electron chi connectivity index (χ2n) is 13.3. The largest absolute Gasteiger partial charge is 0.465 e. The number of aryl methyl sites for hydroxylation is 1. The molecular formula is C32H49N5O6. The number of hydrogen-bond donors (Lipinski definition) is 1. The van der Waals surface area contributed by atoms with Crippen molar-refractivity contribution in [1.82, 2.24) is 24.3 Å². The number of nitrogens with zero attached hydrogens (tertiary/aromatic N) is 5. The number of para-hydroxylation sites is 2. The average molecular weight is 600 g/mol. The topological polar surface area (TPSA) is 117 Å². The fraction of sp³-hybridized carbons (Fsp3) is 0.688. The van der Waals surface area contributed by atoms with Gasteiger partial charge in [0.2, 0.25) is 5.91 Å². The van der Waals surface area contributed by atoms with Crippen LogP contribution in [0.4, 0.5) is 4.79 Å². The Labute approximate surface area is 255 Å². The van der Waals surface area contributed by atoms with Gasteiger partial charge < -0.3 is 33.8 Å². The first-order chi connectivity index (χ1) is 20.4. The zero-order valence-corrected chi connectivity index (χ0v) is 26.6. The number of carbonyl (C=O) groups is 3. The molecule has 0 spiro atoms. The Morgan fingerprint density at radius 3 is 2.47 bits per heavy atom. The highest BCUT2D eigenvalue weighted by atomic mass is 16.5. The molecule has 2 saturated heterocycles. The number of piperidine rings is 1. The van der Waals surface area contributed by atoms with Crippen LogP contribution in [0.25, 0.3) is 11.0 Å². The first-order valence-corrected chi connectivity index (χ1v) is 15.5. The summed E-state index contributed by atoms with van der Waals surface area (Å²) in [6.07, 6.45) is 0.969. The van der Waals surface area contributed by atoms with Gasteiger partial charge in [0.1, 0.15) is 0 Å². The highest BCUT2D eigenvalue weighted by Crippen LogP contribution is 2.38. The Bertz CT molecular complexity index is 1260. The van der Waals surface area contributed by atoms with E-state index in [1.807, 2.05) is 68.4 Å². The summed E-state index contributed by atoms with van der Waals surface area (Å²) in [6, 6.07) is 6.71. The molecule has 1 aromatic carbocycles. The van der Waals surface area contributed by atoms with Crippen molar-refractivity contribution >= 4 is 28.9 Å². The van der Waals surface area contributed by atoms with Gasteiger partial charge in [-0.1, -0.05) is 46.8 Å². The normalized spacial score (nSPS) is 21.4. The van der Waals surface area contributed by atoms with Crippen molar-refractivity contribution in [2.24, 2.45) is 17.3 Å². The predicted octanol–water partition coefficient (Wildman–Crippen LogP) is 4.20. The number of hydrogen-bond acceptors (Lipinski definition) is 6. The lowest BCUT2D eigenvalue weighted by Gasteiger charge is -2.52. The molecule has 238 valence electrons. The molecule has 3 heterocycles. The second kappa shape index (κ2) is 14.1. The molecular weight excluding hydrogens is 550 g/mol. The van der Waals surface area contributed by atoms with E-state index in [4.69, 9.17) is 14.5 Å². The third kappa shape index (κ3) is 7.49. The smallest absolute Gasteiger partial charge is 0.407 e. The molecule has 2 fully saturated rings. The van der Waals surface area contributed by atoms with Crippen molar-refractivity contribution in [3.63, 3.8) is 0 Å². The zero-order valence-electron chi connectivity index (χ0n) is 26.6. The molecule has 2 aliphatic heterocycles. The van der Waals surface area contributed by atoms with Gasteiger partial charge >= 0.3 is 6.09 Å². The summed E-state index contributed by atoms with van der Waals surface area (Å²) in [7, 11) is 1.68. The molecule has 1 aromatic heterocycles. The summed E-state index contributed by atoms with van der Waals surface area (Å²) in [4.78, 5) is 51.1. The minimum absolute atomic E-state index is 0.0748. The van der Waals surface area contributed by atoms with Gasteiger partial charge in [-0.25, -0.2) is 9.78 Å². The molecule has 11 heteroatoms. The van der Waals surface area contributed by atoms with E-state index in [0.717, 1.165) is 23.9 Å². The van der Waals surface area contributed by atoms with Crippen molar-refractivity contribution in [2.45, 2.75) is 72.5 Å². The van der Waals surface area contributed by atoms with Gasteiger partial charge in [-0.05, 0) is 42.7 Å². The molecule has 11 nitrogen and oxygen atoms in total. The second-order valence-corrected chi connectivity index (χ2v) is 13.3. The van der Waals surface area contributed by atoms with Crippen LogP contribution < -0.4 is 0 Å². The highest BCUT2D eigenvalue weighted by Gasteiger charge is 2.50. The molecule has 2 aromatic rings. The van der Waals surface area contributed by atoms with E-state index >= 15 is 0 Å². The van der Waals surface area contributed by atoms with Crippen LogP contribution in [0.2, 0.25) is 0 Å². The molecule has 0 aliphatic carbocycles. The summed E-state index contributed by atoms with van der Waals surface area (Å²) in [5, 5.41) is 10.5. The predicted molar refractivity (Wildman–Crippen MR) is 164 cm³/mol. The lowest BCUT2D eigenvalue weighted by Crippen LogP contribution is -2.66. The van der Waals surface area contributed by atoms with Gasteiger partial charge in [0.25, 0.3) is 5.91 Å². The zero-order chi connectivity index (χ0) is 31.3. The third-order valence-corrected chi connectivity index (χ3v) is 8.50. The molecule has 0 saturated carbocycles. The standard InChI is InChI=1S/C32H49N5O6/c1-22(2)20-36(30(39)28-33-24-11-7-8-12-25(24)35(28)13-9-10-16-42-6)26-19-23(29(38)34-14-17-43-18-15-34)21-37(31(40)41)27(26)32(3,4)5/h7-8,11-12,22-23,26-27H,9-10,13-21H2,1-6H3,(H,40,41). The highest BCUT2D eigenvalue weighted by molar-refractivity contribution is 5.95. The fourth-order valence-corrected chi connectivity index (χ4v) is 6.69. The number of morpholine rings is 1. The summed E-state index contributed by atoms with van der Waals surface area (Å²) in [5.41, 5.74) is 1.13. The summed E-state index contributed by atoms with van der Waals surface area (Å²) < 4.78 is 12.7. The Hall–Kier alpha value is -3.18. The number of fused-ring (bicyclic) bond motifs is 1. The maximum Gasteiger partial charge on any atom is 0.407 e. The number of likely N-dealkylation sites (tertiary alicyclic amines) is 1. The number of methoxy groups -OCH3 is 1. The first-order valence-electron chi connectivity index (χ1n) is 15.5. The Morgan fingerprint density at radius 2 is 1.84 bits per heavy atom. The van der Waals surface area contributed by atoms with Gasteiger partial charge in [-0.3, -0.25) is 9.59 Å². The van der Waals surface area contributed by atoms with Crippen LogP contribution in [-0.4, -0.2) is 112 Å². The number of benzene rings is 1. The maximum absolute atomic E-state index is 14.7. The van der Waals surface area contributed by atoms with E-state index < -0.39 is 29.5 Å². The van der Waals surface area contributed by atoms with Gasteiger partial charge in [0, 0.05) is 46.4 Å². The van der Waals surface area contributed by atoms with Crippen LogP contribution in [0.1, 0.15) is 64.5 Å². The fourth-order valence-electron chi connectivity index (χ4n) is 6.69. The minimum atomic E-state index is -1.08. The van der Waals surface area contributed by atoms with Crippen molar-refractivity contribution < 1.29 is 29.0 Å². The molecule has 2 aliphatic rings. The molecule has 3 amide bonds.